The molecular formula is C15H16N2O4S. The van der Waals surface area contributed by atoms with E-state index in [0.717, 1.165) is 4.90 Å². The van der Waals surface area contributed by atoms with Crippen molar-refractivity contribution in [1.29, 1.82) is 0 Å². The molecule has 1 saturated heterocycles. The molecule has 0 aliphatic carbocycles. The maximum Gasteiger partial charge on any atom is 0.308 e. The van der Waals surface area contributed by atoms with Gasteiger partial charge in [-0.2, -0.15) is 0 Å². The van der Waals surface area contributed by atoms with Gasteiger partial charge in [0, 0.05) is 23.5 Å². The van der Waals surface area contributed by atoms with E-state index in [1.807, 2.05) is 6.07 Å². The number of rotatable bonds is 2. The topological polar surface area (TPSA) is 86.7 Å². The summed E-state index contributed by atoms with van der Waals surface area (Å²) in [5.41, 5.74) is 1.13. The maximum atomic E-state index is 12.5. The zero-order valence-electron chi connectivity index (χ0n) is 11.9. The summed E-state index contributed by atoms with van der Waals surface area (Å²) in [5.74, 6) is -1.23. The summed E-state index contributed by atoms with van der Waals surface area (Å²) in [6.07, 6.45) is 1.30. The number of aliphatic carboxylic acids is 1. The Balaban J connectivity index is 1.79. The molecule has 0 aromatic heterocycles. The fourth-order valence-corrected chi connectivity index (χ4v) is 3.55. The lowest BCUT2D eigenvalue weighted by atomic mass is 9.97. The highest BCUT2D eigenvalue weighted by Crippen LogP contribution is 2.32. The van der Waals surface area contributed by atoms with Crippen molar-refractivity contribution in [2.24, 2.45) is 5.92 Å². The molecule has 0 radical (unpaired) electrons. The van der Waals surface area contributed by atoms with Crippen molar-refractivity contribution in [3.05, 3.63) is 23.8 Å². The molecule has 2 heterocycles. The lowest BCUT2D eigenvalue weighted by molar-refractivity contribution is -0.143. The first-order chi connectivity index (χ1) is 10.5. The second kappa shape index (κ2) is 6.00. The predicted molar refractivity (Wildman–Crippen MR) is 82.1 cm³/mol. The number of amides is 2. The van der Waals surface area contributed by atoms with Gasteiger partial charge in [0.2, 0.25) is 5.91 Å². The van der Waals surface area contributed by atoms with E-state index in [2.05, 4.69) is 5.32 Å². The molecule has 22 heavy (non-hydrogen) atoms. The molecule has 0 spiro atoms. The van der Waals surface area contributed by atoms with E-state index in [0.29, 0.717) is 36.4 Å². The number of anilines is 1. The summed E-state index contributed by atoms with van der Waals surface area (Å²) in [4.78, 5) is 37.6. The number of carbonyl (C=O) groups excluding carboxylic acids is 2. The summed E-state index contributed by atoms with van der Waals surface area (Å²) in [5, 5.41) is 11.9. The number of hydrogen-bond acceptors (Lipinski definition) is 4. The molecule has 0 saturated carbocycles. The van der Waals surface area contributed by atoms with Crippen molar-refractivity contribution in [2.45, 2.75) is 17.7 Å². The average molecular weight is 320 g/mol. The van der Waals surface area contributed by atoms with Crippen LogP contribution in [0.25, 0.3) is 0 Å². The van der Waals surface area contributed by atoms with Crippen LogP contribution >= 0.6 is 11.8 Å². The zero-order valence-corrected chi connectivity index (χ0v) is 12.7. The number of carboxylic acids is 1. The Morgan fingerprint density at radius 3 is 2.95 bits per heavy atom. The number of thioether (sulfide) groups is 1. The van der Waals surface area contributed by atoms with Gasteiger partial charge in [-0.15, -0.1) is 11.8 Å². The fraction of sp³-hybridized carbons (Fsp3) is 0.400. The number of carbonyl (C=O) groups is 3. The SMILES string of the molecule is O=C1CSc2ccc(C(=O)N3CCCC(C(=O)O)C3)cc2N1. The minimum absolute atomic E-state index is 0.0778. The fourth-order valence-electron chi connectivity index (χ4n) is 2.76. The Hall–Kier alpha value is -2.02. The van der Waals surface area contributed by atoms with Crippen LogP contribution in [0.3, 0.4) is 0 Å². The second-order valence-electron chi connectivity index (χ2n) is 5.48. The minimum atomic E-state index is -0.855. The van der Waals surface area contributed by atoms with Crippen LogP contribution in [0, 0.1) is 5.92 Å². The van der Waals surface area contributed by atoms with E-state index in [-0.39, 0.29) is 18.4 Å². The smallest absolute Gasteiger partial charge is 0.308 e. The van der Waals surface area contributed by atoms with Crippen molar-refractivity contribution in [2.75, 3.05) is 24.2 Å². The number of nitrogens with one attached hydrogen (secondary N) is 1. The monoisotopic (exact) mass is 320 g/mol. The van der Waals surface area contributed by atoms with E-state index in [4.69, 9.17) is 5.11 Å². The Labute approximate surface area is 131 Å². The summed E-state index contributed by atoms with van der Waals surface area (Å²) in [7, 11) is 0. The molecule has 2 amide bonds. The molecule has 6 nitrogen and oxygen atoms in total. The minimum Gasteiger partial charge on any atom is -0.481 e. The first kappa shape index (κ1) is 14.9. The van der Waals surface area contributed by atoms with Crippen molar-refractivity contribution >= 4 is 35.2 Å². The van der Waals surface area contributed by atoms with Crippen LogP contribution in [0.2, 0.25) is 0 Å². The zero-order chi connectivity index (χ0) is 15.7. The first-order valence-corrected chi connectivity index (χ1v) is 8.12. The van der Waals surface area contributed by atoms with Gasteiger partial charge in [0.05, 0.1) is 17.4 Å². The predicted octanol–water partition coefficient (Wildman–Crippen LogP) is 1.67. The second-order valence-corrected chi connectivity index (χ2v) is 6.49. The van der Waals surface area contributed by atoms with E-state index in [9.17, 15) is 14.4 Å². The van der Waals surface area contributed by atoms with Gasteiger partial charge in [0.1, 0.15) is 0 Å². The number of hydrogen-bond donors (Lipinski definition) is 2. The van der Waals surface area contributed by atoms with E-state index in [1.54, 1.807) is 17.0 Å². The van der Waals surface area contributed by atoms with Gasteiger partial charge in [-0.1, -0.05) is 0 Å². The van der Waals surface area contributed by atoms with Crippen molar-refractivity contribution < 1.29 is 19.5 Å². The molecule has 7 heteroatoms. The van der Waals surface area contributed by atoms with Crippen LogP contribution in [0.5, 0.6) is 0 Å². The Kier molecular flexibility index (Phi) is 4.06. The van der Waals surface area contributed by atoms with Crippen LogP contribution < -0.4 is 5.32 Å². The third kappa shape index (κ3) is 2.94. The van der Waals surface area contributed by atoms with Crippen LogP contribution in [-0.2, 0) is 9.59 Å². The molecule has 2 aliphatic rings. The number of benzene rings is 1. The number of nitrogens with zero attached hydrogens (tertiary/aromatic N) is 1. The molecule has 116 valence electrons. The van der Waals surface area contributed by atoms with Gasteiger partial charge in [0.15, 0.2) is 0 Å². The van der Waals surface area contributed by atoms with Crippen LogP contribution in [-0.4, -0.2) is 46.6 Å². The van der Waals surface area contributed by atoms with Crippen LogP contribution in [0.15, 0.2) is 23.1 Å². The Morgan fingerprint density at radius 1 is 1.36 bits per heavy atom. The molecule has 3 rings (SSSR count). The average Bonchev–Trinajstić information content (AvgIpc) is 2.53. The largest absolute Gasteiger partial charge is 0.481 e. The standard InChI is InChI=1S/C15H16N2O4S/c18-13-8-22-12-4-3-9(6-11(12)16-13)14(19)17-5-1-2-10(7-17)15(20)21/h3-4,6,10H,1-2,5,7-8H2,(H,16,18)(H,20,21). The molecule has 1 aromatic carbocycles. The molecule has 2 aliphatic heterocycles. The molecule has 2 N–H and O–H groups in total. The van der Waals surface area contributed by atoms with E-state index >= 15 is 0 Å². The summed E-state index contributed by atoms with van der Waals surface area (Å²) < 4.78 is 0. The van der Waals surface area contributed by atoms with Gasteiger partial charge < -0.3 is 15.3 Å². The first-order valence-electron chi connectivity index (χ1n) is 7.13. The molecule has 1 aromatic rings. The molecule has 1 unspecified atom stereocenters. The quantitative estimate of drug-likeness (QED) is 0.865. The summed E-state index contributed by atoms with van der Waals surface area (Å²) >= 11 is 1.44. The third-order valence-corrected chi connectivity index (χ3v) is 4.99. The Bertz CT molecular complexity index is 646. The highest BCUT2D eigenvalue weighted by atomic mass is 32.2. The van der Waals surface area contributed by atoms with Crippen LogP contribution in [0.1, 0.15) is 23.2 Å². The highest BCUT2D eigenvalue weighted by Gasteiger charge is 2.29. The molecular weight excluding hydrogens is 304 g/mol. The lowest BCUT2D eigenvalue weighted by Gasteiger charge is -2.31. The van der Waals surface area contributed by atoms with Crippen molar-refractivity contribution in [1.82, 2.24) is 4.90 Å². The molecule has 1 fully saturated rings. The highest BCUT2D eigenvalue weighted by molar-refractivity contribution is 8.00. The van der Waals surface area contributed by atoms with Gasteiger partial charge in [-0.3, -0.25) is 14.4 Å². The number of fused-ring (bicyclic) bond motifs is 1. The molecule has 1 atom stereocenters. The van der Waals surface area contributed by atoms with Crippen molar-refractivity contribution in [3.63, 3.8) is 0 Å². The van der Waals surface area contributed by atoms with Crippen LogP contribution in [0.4, 0.5) is 5.69 Å². The maximum absolute atomic E-state index is 12.5. The van der Waals surface area contributed by atoms with E-state index < -0.39 is 11.9 Å². The Morgan fingerprint density at radius 2 is 2.18 bits per heavy atom. The van der Waals surface area contributed by atoms with Gasteiger partial charge in [-0.05, 0) is 31.0 Å². The normalized spacial score (nSPS) is 21.0. The van der Waals surface area contributed by atoms with Crippen molar-refractivity contribution in [3.8, 4) is 0 Å². The lowest BCUT2D eigenvalue weighted by Crippen LogP contribution is -2.42. The number of likely N-dealkylation sites (tertiary alicyclic amines) is 1. The summed E-state index contributed by atoms with van der Waals surface area (Å²) in [6, 6.07) is 5.23. The molecule has 0 bridgehead atoms. The number of piperidine rings is 1. The third-order valence-electron chi connectivity index (χ3n) is 3.92. The van der Waals surface area contributed by atoms with Gasteiger partial charge in [0.25, 0.3) is 5.91 Å². The van der Waals surface area contributed by atoms with E-state index in [1.165, 1.54) is 11.8 Å². The summed E-state index contributed by atoms with van der Waals surface area (Å²) in [6.45, 7) is 0.813. The number of carboxylic acid groups (broad SMARTS) is 1. The van der Waals surface area contributed by atoms with Gasteiger partial charge >= 0.3 is 5.97 Å². The van der Waals surface area contributed by atoms with Gasteiger partial charge in [-0.25, -0.2) is 0 Å².